The fraction of sp³-hybridized carbons (Fsp3) is 0.846. The average molecular weight is 272 g/mol. The van der Waals surface area contributed by atoms with Gasteiger partial charge in [-0.05, 0) is 19.8 Å². The molecule has 4 nitrogen and oxygen atoms in total. The Morgan fingerprint density at radius 3 is 2.56 bits per heavy atom. The van der Waals surface area contributed by atoms with Crippen LogP contribution in [0.3, 0.4) is 0 Å². The molecule has 104 valence electrons. The first-order valence-electron chi connectivity index (χ1n) is 6.62. The maximum absolute atomic E-state index is 11.6. The van der Waals surface area contributed by atoms with Gasteiger partial charge in [-0.1, -0.05) is 19.9 Å². The van der Waals surface area contributed by atoms with Gasteiger partial charge in [0.2, 0.25) is 0 Å². The molecule has 18 heavy (non-hydrogen) atoms. The summed E-state index contributed by atoms with van der Waals surface area (Å²) in [7, 11) is -2.97. The van der Waals surface area contributed by atoms with Crippen molar-refractivity contribution >= 4 is 9.84 Å². The second-order valence-electron chi connectivity index (χ2n) is 6.47. The van der Waals surface area contributed by atoms with E-state index in [0.29, 0.717) is 12.0 Å². The molecule has 0 aliphatic carbocycles. The highest BCUT2D eigenvalue weighted by atomic mass is 32.2. The smallest absolute Gasteiger partial charge is 0.173 e. The van der Waals surface area contributed by atoms with Crippen LogP contribution >= 0.6 is 0 Å². The van der Waals surface area contributed by atoms with Crippen LogP contribution in [0.1, 0.15) is 27.7 Å². The molecule has 0 aromatic rings. The minimum Gasteiger partial charge on any atom is -0.309 e. The van der Waals surface area contributed by atoms with Crippen molar-refractivity contribution in [2.24, 2.45) is 5.92 Å². The van der Waals surface area contributed by atoms with Crippen LogP contribution < -0.4 is 5.32 Å². The predicted molar refractivity (Wildman–Crippen MR) is 74.1 cm³/mol. The standard InChI is InChI=1S/C13H24N2O2S/c1-10(2)12-7-14-13(3,4)9-15(12)11-5-6-18(16,17)8-11/h5-6,10-12,14H,7-9H2,1-4H3. The summed E-state index contributed by atoms with van der Waals surface area (Å²) in [5.41, 5.74) is 0.0472. The second-order valence-corrected chi connectivity index (χ2v) is 8.41. The van der Waals surface area contributed by atoms with E-state index in [4.69, 9.17) is 0 Å². The molecular weight excluding hydrogens is 248 g/mol. The Labute approximate surface area is 110 Å². The van der Waals surface area contributed by atoms with E-state index in [2.05, 4.69) is 37.9 Å². The van der Waals surface area contributed by atoms with Crippen molar-refractivity contribution in [3.05, 3.63) is 11.5 Å². The van der Waals surface area contributed by atoms with E-state index in [1.807, 2.05) is 6.08 Å². The molecule has 5 heteroatoms. The van der Waals surface area contributed by atoms with Crippen molar-refractivity contribution < 1.29 is 8.42 Å². The molecule has 2 aliphatic rings. The third-order valence-electron chi connectivity index (χ3n) is 3.90. The molecule has 2 rings (SSSR count). The summed E-state index contributed by atoms with van der Waals surface area (Å²) in [4.78, 5) is 2.36. The van der Waals surface area contributed by atoms with Crippen LogP contribution in [-0.2, 0) is 9.84 Å². The van der Waals surface area contributed by atoms with E-state index in [0.717, 1.165) is 13.1 Å². The van der Waals surface area contributed by atoms with Crippen LogP contribution in [0.15, 0.2) is 11.5 Å². The molecule has 1 saturated heterocycles. The molecular formula is C13H24N2O2S. The van der Waals surface area contributed by atoms with Gasteiger partial charge in [-0.15, -0.1) is 0 Å². The van der Waals surface area contributed by atoms with Crippen molar-refractivity contribution in [2.45, 2.75) is 45.3 Å². The van der Waals surface area contributed by atoms with Crippen molar-refractivity contribution in [1.29, 1.82) is 0 Å². The molecule has 0 radical (unpaired) electrons. The Morgan fingerprint density at radius 1 is 1.39 bits per heavy atom. The van der Waals surface area contributed by atoms with E-state index in [1.54, 1.807) is 0 Å². The predicted octanol–water partition coefficient (Wildman–Crippen LogP) is 1.01. The van der Waals surface area contributed by atoms with Gasteiger partial charge >= 0.3 is 0 Å². The quantitative estimate of drug-likeness (QED) is 0.815. The first-order chi connectivity index (χ1) is 8.20. The van der Waals surface area contributed by atoms with Crippen LogP contribution in [0.2, 0.25) is 0 Å². The van der Waals surface area contributed by atoms with Gasteiger partial charge in [0.25, 0.3) is 0 Å². The van der Waals surface area contributed by atoms with Gasteiger partial charge in [-0.3, -0.25) is 4.90 Å². The highest BCUT2D eigenvalue weighted by molar-refractivity contribution is 7.94. The van der Waals surface area contributed by atoms with E-state index < -0.39 is 9.84 Å². The summed E-state index contributed by atoms with van der Waals surface area (Å²) in [6.45, 7) is 10.6. The zero-order valence-corrected chi connectivity index (χ0v) is 12.5. The Morgan fingerprint density at radius 2 is 2.06 bits per heavy atom. The lowest BCUT2D eigenvalue weighted by molar-refractivity contribution is 0.0541. The van der Waals surface area contributed by atoms with E-state index >= 15 is 0 Å². The van der Waals surface area contributed by atoms with Gasteiger partial charge in [-0.25, -0.2) is 8.42 Å². The normalized spacial score (nSPS) is 35.2. The topological polar surface area (TPSA) is 49.4 Å². The van der Waals surface area contributed by atoms with Crippen LogP contribution in [0.5, 0.6) is 0 Å². The minimum absolute atomic E-state index is 0.0452. The maximum Gasteiger partial charge on any atom is 0.173 e. The van der Waals surface area contributed by atoms with Gasteiger partial charge in [-0.2, -0.15) is 0 Å². The minimum atomic E-state index is -2.97. The molecule has 0 aromatic carbocycles. The Kier molecular flexibility index (Phi) is 3.60. The molecule has 2 unspecified atom stereocenters. The van der Waals surface area contributed by atoms with Crippen molar-refractivity contribution in [2.75, 3.05) is 18.8 Å². The molecule has 0 aromatic heterocycles. The fourth-order valence-electron chi connectivity index (χ4n) is 2.88. The van der Waals surface area contributed by atoms with Crippen LogP contribution in [0.25, 0.3) is 0 Å². The second kappa shape index (κ2) is 4.62. The lowest BCUT2D eigenvalue weighted by atomic mass is 9.91. The van der Waals surface area contributed by atoms with Gasteiger partial charge in [0.05, 0.1) is 5.75 Å². The van der Waals surface area contributed by atoms with Crippen LogP contribution in [0.4, 0.5) is 0 Å². The first-order valence-corrected chi connectivity index (χ1v) is 8.33. The number of nitrogens with zero attached hydrogens (tertiary/aromatic N) is 1. The van der Waals surface area contributed by atoms with E-state index in [9.17, 15) is 8.42 Å². The molecule has 1 fully saturated rings. The molecule has 2 aliphatic heterocycles. The zero-order chi connectivity index (χ0) is 13.6. The van der Waals surface area contributed by atoms with Gasteiger partial charge in [0.1, 0.15) is 0 Å². The number of rotatable bonds is 2. The number of hydrogen-bond donors (Lipinski definition) is 1. The maximum atomic E-state index is 11.6. The number of hydrogen-bond acceptors (Lipinski definition) is 4. The van der Waals surface area contributed by atoms with E-state index in [1.165, 1.54) is 5.41 Å². The largest absolute Gasteiger partial charge is 0.309 e. The number of piperazine rings is 1. The SMILES string of the molecule is CC(C)C1CNC(C)(C)CN1C1C=CS(=O)(=O)C1. The molecule has 2 heterocycles. The van der Waals surface area contributed by atoms with Crippen LogP contribution in [0, 0.1) is 5.92 Å². The summed E-state index contributed by atoms with van der Waals surface area (Å²) < 4.78 is 23.2. The Balaban J connectivity index is 2.19. The Hall–Kier alpha value is -0.390. The Bertz CT molecular complexity index is 440. The number of nitrogens with one attached hydrogen (secondary N) is 1. The van der Waals surface area contributed by atoms with Gasteiger partial charge < -0.3 is 5.32 Å². The third kappa shape index (κ3) is 2.95. The zero-order valence-electron chi connectivity index (χ0n) is 11.7. The lowest BCUT2D eigenvalue weighted by Gasteiger charge is -2.48. The van der Waals surface area contributed by atoms with Crippen molar-refractivity contribution in [3.8, 4) is 0 Å². The molecule has 1 N–H and O–H groups in total. The van der Waals surface area contributed by atoms with Crippen molar-refractivity contribution in [1.82, 2.24) is 10.2 Å². The highest BCUT2D eigenvalue weighted by Crippen LogP contribution is 2.26. The molecule has 0 spiro atoms. The molecule has 0 saturated carbocycles. The van der Waals surface area contributed by atoms with Crippen LogP contribution in [-0.4, -0.2) is 49.8 Å². The average Bonchev–Trinajstić information content (AvgIpc) is 2.57. The third-order valence-corrected chi connectivity index (χ3v) is 5.28. The summed E-state index contributed by atoms with van der Waals surface area (Å²) in [6.07, 6.45) is 1.85. The molecule has 2 atom stereocenters. The van der Waals surface area contributed by atoms with Gasteiger partial charge in [0, 0.05) is 36.1 Å². The van der Waals surface area contributed by atoms with Crippen molar-refractivity contribution in [3.63, 3.8) is 0 Å². The fourth-order valence-corrected chi connectivity index (χ4v) is 4.19. The molecule has 0 amide bonds. The summed E-state index contributed by atoms with van der Waals surface area (Å²) in [5.74, 6) is 0.761. The summed E-state index contributed by atoms with van der Waals surface area (Å²) >= 11 is 0. The van der Waals surface area contributed by atoms with Gasteiger partial charge in [0.15, 0.2) is 9.84 Å². The lowest BCUT2D eigenvalue weighted by Crippen LogP contribution is -2.65. The number of sulfone groups is 1. The molecule has 0 bridgehead atoms. The summed E-state index contributed by atoms with van der Waals surface area (Å²) in [6, 6.07) is 0.449. The highest BCUT2D eigenvalue weighted by Gasteiger charge is 2.39. The first kappa shape index (κ1) is 14.0. The van der Waals surface area contributed by atoms with E-state index in [-0.39, 0.29) is 17.3 Å². The summed E-state index contributed by atoms with van der Waals surface area (Å²) in [5, 5.41) is 4.93. The monoisotopic (exact) mass is 272 g/mol.